The van der Waals surface area contributed by atoms with Crippen molar-refractivity contribution in [1.29, 1.82) is 0 Å². The Balaban J connectivity index is 1.50. The highest BCUT2D eigenvalue weighted by molar-refractivity contribution is 6.39. The molecule has 2 heterocycles. The van der Waals surface area contributed by atoms with Gasteiger partial charge in [0.15, 0.2) is 5.65 Å². The summed E-state index contributed by atoms with van der Waals surface area (Å²) >= 11 is 12.6. The molecule has 0 aliphatic heterocycles. The van der Waals surface area contributed by atoms with E-state index in [1.165, 1.54) is 12.1 Å². The Kier molecular flexibility index (Phi) is 7.42. The third-order valence-corrected chi connectivity index (χ3v) is 8.22. The van der Waals surface area contributed by atoms with Crippen molar-refractivity contribution in [3.8, 4) is 0 Å². The number of amides is 1. The highest BCUT2D eigenvalue weighted by Gasteiger charge is 2.30. The lowest BCUT2D eigenvalue weighted by Crippen LogP contribution is -2.35. The zero-order valence-corrected chi connectivity index (χ0v) is 21.9. The van der Waals surface area contributed by atoms with Crippen molar-refractivity contribution in [3.05, 3.63) is 34.2 Å². The molecular weight excluding hydrogens is 520 g/mol. The van der Waals surface area contributed by atoms with Gasteiger partial charge >= 0.3 is 0 Å². The summed E-state index contributed by atoms with van der Waals surface area (Å²) < 4.78 is 15.8. The molecule has 9 nitrogen and oxygen atoms in total. The van der Waals surface area contributed by atoms with E-state index in [1.54, 1.807) is 6.20 Å². The minimum absolute atomic E-state index is 0.0128. The minimum Gasteiger partial charge on any atom is -0.393 e. The number of anilines is 3. The third kappa shape index (κ3) is 5.46. The van der Waals surface area contributed by atoms with Crippen molar-refractivity contribution in [3.63, 3.8) is 0 Å². The number of nitrogens with two attached hydrogens (primary N) is 1. The monoisotopic (exact) mass is 549 g/mol. The molecule has 0 radical (unpaired) electrons. The number of aliphatic hydroxyl groups excluding tert-OH is 1. The zero-order valence-electron chi connectivity index (χ0n) is 20.4. The van der Waals surface area contributed by atoms with E-state index < -0.39 is 5.82 Å². The van der Waals surface area contributed by atoms with Crippen molar-refractivity contribution in [2.24, 2.45) is 17.6 Å². The first-order valence-electron chi connectivity index (χ1n) is 12.6. The maximum Gasteiger partial charge on any atom is 0.224 e. The smallest absolute Gasteiger partial charge is 0.224 e. The molecule has 2 aliphatic rings. The minimum atomic E-state index is -0.539. The van der Waals surface area contributed by atoms with E-state index in [-0.39, 0.29) is 46.0 Å². The van der Waals surface area contributed by atoms with Gasteiger partial charge in [-0.1, -0.05) is 30.1 Å². The van der Waals surface area contributed by atoms with Crippen LogP contribution >= 0.6 is 23.2 Å². The largest absolute Gasteiger partial charge is 0.393 e. The fourth-order valence-electron chi connectivity index (χ4n) is 5.40. The molecule has 2 aromatic heterocycles. The van der Waals surface area contributed by atoms with Crippen LogP contribution in [0.25, 0.3) is 11.2 Å². The van der Waals surface area contributed by atoms with E-state index in [0.29, 0.717) is 60.9 Å². The molecule has 2 saturated carbocycles. The van der Waals surface area contributed by atoms with Gasteiger partial charge in [0, 0.05) is 18.0 Å². The molecule has 198 valence electrons. The number of nitrogens with zero attached hydrogens (tertiary/aromatic N) is 4. The highest BCUT2D eigenvalue weighted by Crippen LogP contribution is 2.39. The molecule has 12 heteroatoms. The predicted octanol–water partition coefficient (Wildman–Crippen LogP) is 5.19. The molecule has 3 atom stereocenters. The molecule has 2 aliphatic carbocycles. The summed E-state index contributed by atoms with van der Waals surface area (Å²) in [6, 6.07) is 2.42. The molecule has 5 N–H and O–H groups in total. The first-order chi connectivity index (χ1) is 17.7. The zero-order chi connectivity index (χ0) is 26.3. The van der Waals surface area contributed by atoms with Crippen LogP contribution in [0.4, 0.5) is 22.0 Å². The number of benzene rings is 1. The molecule has 1 aromatic carbocycles. The predicted molar refractivity (Wildman–Crippen MR) is 142 cm³/mol. The van der Waals surface area contributed by atoms with Gasteiger partial charge in [0.1, 0.15) is 11.3 Å². The quantitative estimate of drug-likeness (QED) is 0.332. The number of aromatic nitrogens is 4. The Morgan fingerprint density at radius 1 is 1.14 bits per heavy atom. The van der Waals surface area contributed by atoms with Gasteiger partial charge in [0.2, 0.25) is 17.8 Å². The number of aliphatic hydroxyl groups is 1. The molecule has 2 fully saturated rings. The van der Waals surface area contributed by atoms with Gasteiger partial charge in [-0.3, -0.25) is 9.36 Å². The summed E-state index contributed by atoms with van der Waals surface area (Å²) in [5, 5.41) is 17.1. The number of halogens is 3. The van der Waals surface area contributed by atoms with Crippen molar-refractivity contribution in [2.45, 2.75) is 70.1 Å². The van der Waals surface area contributed by atoms with Gasteiger partial charge in [0.25, 0.3) is 0 Å². The topological polar surface area (TPSA) is 131 Å². The molecule has 1 amide bonds. The summed E-state index contributed by atoms with van der Waals surface area (Å²) in [4.78, 5) is 25.7. The number of fused-ring (bicyclic) bond motifs is 1. The molecule has 3 aromatic rings. The Labute approximate surface area is 224 Å². The van der Waals surface area contributed by atoms with Crippen molar-refractivity contribution >= 4 is 57.9 Å². The molecule has 0 saturated heterocycles. The van der Waals surface area contributed by atoms with Gasteiger partial charge in [-0.25, -0.2) is 14.4 Å². The fraction of sp³-hybridized carbons (Fsp3) is 0.520. The first kappa shape index (κ1) is 25.9. The van der Waals surface area contributed by atoms with Crippen LogP contribution in [0.2, 0.25) is 10.0 Å². The van der Waals surface area contributed by atoms with Crippen LogP contribution < -0.4 is 16.4 Å². The van der Waals surface area contributed by atoms with Gasteiger partial charge in [0.05, 0.1) is 28.0 Å². The summed E-state index contributed by atoms with van der Waals surface area (Å²) in [5.74, 6) is 0.196. The number of hydrogen-bond acceptors (Lipinski definition) is 7. The lowest BCUT2D eigenvalue weighted by atomic mass is 9.85. The van der Waals surface area contributed by atoms with Crippen LogP contribution in [-0.2, 0) is 4.79 Å². The number of hydrogen-bond donors (Lipinski definition) is 4. The van der Waals surface area contributed by atoms with E-state index in [0.717, 1.165) is 12.8 Å². The second kappa shape index (κ2) is 10.6. The number of imidazole rings is 1. The van der Waals surface area contributed by atoms with Gasteiger partial charge in [-0.05, 0) is 63.0 Å². The lowest BCUT2D eigenvalue weighted by molar-refractivity contribution is -0.122. The van der Waals surface area contributed by atoms with Gasteiger partial charge in [-0.2, -0.15) is 4.98 Å². The average molecular weight is 550 g/mol. The third-order valence-electron chi connectivity index (χ3n) is 7.63. The Morgan fingerprint density at radius 2 is 1.84 bits per heavy atom. The lowest BCUT2D eigenvalue weighted by Gasteiger charge is -2.31. The van der Waals surface area contributed by atoms with Crippen LogP contribution in [0.3, 0.4) is 0 Å². The Morgan fingerprint density at radius 3 is 2.49 bits per heavy atom. The van der Waals surface area contributed by atoms with Crippen LogP contribution in [-0.4, -0.2) is 42.7 Å². The van der Waals surface area contributed by atoms with Gasteiger partial charge in [-0.15, -0.1) is 0 Å². The Hall–Kier alpha value is -2.69. The van der Waals surface area contributed by atoms with E-state index in [1.807, 2.05) is 4.57 Å². The molecular formula is C25H30Cl2FN7O2. The number of rotatable bonds is 6. The van der Waals surface area contributed by atoms with Crippen LogP contribution in [0.1, 0.15) is 57.9 Å². The van der Waals surface area contributed by atoms with Crippen molar-refractivity contribution in [2.75, 3.05) is 10.6 Å². The van der Waals surface area contributed by atoms with Crippen LogP contribution in [0.5, 0.6) is 0 Å². The summed E-state index contributed by atoms with van der Waals surface area (Å²) in [5.41, 5.74) is 7.07. The maximum absolute atomic E-state index is 13.8. The SMILES string of the molecule is C[C@@H]1CC[C@@H](Nc2ncc3nc(Nc4c(Cl)cc(F)cc4Cl)n(C4CCC(C(N)=O)CC4)c3n2)CC1O. The normalized spacial score (nSPS) is 26.2. The second-order valence-electron chi connectivity index (χ2n) is 10.2. The van der Waals surface area contributed by atoms with Crippen molar-refractivity contribution < 1.29 is 14.3 Å². The summed E-state index contributed by atoms with van der Waals surface area (Å²) in [6.45, 7) is 2.06. The average Bonchev–Trinajstić information content (AvgIpc) is 3.21. The van der Waals surface area contributed by atoms with Crippen LogP contribution in [0, 0.1) is 17.7 Å². The first-order valence-corrected chi connectivity index (χ1v) is 13.4. The van der Waals surface area contributed by atoms with E-state index in [4.69, 9.17) is 38.9 Å². The standard InChI is InChI=1S/C25H30Cl2FN7O2/c1-12-2-5-15(10-20(12)36)31-24-30-11-19-23(34-24)35(16-6-3-13(4-7-16)22(29)37)25(32-19)33-21-17(26)8-14(28)9-18(21)27/h8-9,11-13,15-16,20,36H,2-7,10H2,1H3,(H2,29,37)(H,32,33)(H,30,31,34)/t12-,13?,15-,16?,20?/m1/s1. The molecule has 0 bridgehead atoms. The summed E-state index contributed by atoms with van der Waals surface area (Å²) in [6.07, 6.45) is 6.50. The number of carbonyl (C=O) groups is 1. The number of nitrogens with one attached hydrogen (secondary N) is 2. The van der Waals surface area contributed by atoms with Crippen LogP contribution in [0.15, 0.2) is 18.3 Å². The molecule has 37 heavy (non-hydrogen) atoms. The highest BCUT2D eigenvalue weighted by atomic mass is 35.5. The van der Waals surface area contributed by atoms with Crippen molar-refractivity contribution in [1.82, 2.24) is 19.5 Å². The number of primary amides is 1. The van der Waals surface area contributed by atoms with E-state index in [9.17, 15) is 14.3 Å². The Bertz CT molecular complexity index is 1290. The van der Waals surface area contributed by atoms with E-state index >= 15 is 0 Å². The molecule has 5 rings (SSSR count). The maximum atomic E-state index is 13.8. The van der Waals surface area contributed by atoms with E-state index in [2.05, 4.69) is 22.5 Å². The number of carbonyl (C=O) groups excluding carboxylic acids is 1. The fourth-order valence-corrected chi connectivity index (χ4v) is 5.95. The molecule has 0 spiro atoms. The molecule has 1 unspecified atom stereocenters. The second-order valence-corrected chi connectivity index (χ2v) is 11.0. The summed E-state index contributed by atoms with van der Waals surface area (Å²) in [7, 11) is 0. The van der Waals surface area contributed by atoms with Gasteiger partial charge < -0.3 is 21.5 Å².